The van der Waals surface area contributed by atoms with Crippen LogP contribution in [0.5, 0.6) is 0 Å². The number of hydrogen-bond acceptors (Lipinski definition) is 3. The Morgan fingerprint density at radius 2 is 2.12 bits per heavy atom. The van der Waals surface area contributed by atoms with Gasteiger partial charge in [0.15, 0.2) is 0 Å². The standard InChI is InChI=1S/C20H32N2O3/c1-15(23)18-9-6-10-22(13-18)19(24)21-12-16-7-5-8-17(11-16)14-25-20(2,3)4/h5,7-8,11,15,18,23H,6,9-10,12-14H2,1-4H3,(H,21,24). The summed E-state index contributed by atoms with van der Waals surface area (Å²) in [4.78, 5) is 14.2. The van der Waals surface area contributed by atoms with Gasteiger partial charge in [-0.25, -0.2) is 4.79 Å². The van der Waals surface area contributed by atoms with E-state index in [4.69, 9.17) is 4.74 Å². The summed E-state index contributed by atoms with van der Waals surface area (Å²) in [5.41, 5.74) is 2.00. The van der Waals surface area contributed by atoms with Gasteiger partial charge in [-0.15, -0.1) is 0 Å². The molecule has 0 bridgehead atoms. The van der Waals surface area contributed by atoms with Crippen molar-refractivity contribution in [2.45, 2.75) is 65.4 Å². The van der Waals surface area contributed by atoms with Crippen molar-refractivity contribution in [3.63, 3.8) is 0 Å². The van der Waals surface area contributed by atoms with Gasteiger partial charge in [0.25, 0.3) is 0 Å². The number of hydrogen-bond donors (Lipinski definition) is 2. The summed E-state index contributed by atoms with van der Waals surface area (Å²) in [5, 5.41) is 12.7. The van der Waals surface area contributed by atoms with Gasteiger partial charge >= 0.3 is 6.03 Å². The van der Waals surface area contributed by atoms with Crippen LogP contribution in [0.1, 0.15) is 51.7 Å². The van der Waals surface area contributed by atoms with Crippen LogP contribution in [0.3, 0.4) is 0 Å². The predicted molar refractivity (Wildman–Crippen MR) is 99.2 cm³/mol. The third-order valence-corrected chi connectivity index (χ3v) is 4.53. The highest BCUT2D eigenvalue weighted by atomic mass is 16.5. The number of nitrogens with zero attached hydrogens (tertiary/aromatic N) is 1. The summed E-state index contributed by atoms with van der Waals surface area (Å²) in [6.45, 7) is 10.4. The molecule has 2 unspecified atom stereocenters. The first-order chi connectivity index (χ1) is 11.7. The molecule has 5 nitrogen and oxygen atoms in total. The Hall–Kier alpha value is -1.59. The Kier molecular flexibility index (Phi) is 6.85. The molecule has 2 amide bonds. The maximum Gasteiger partial charge on any atom is 0.317 e. The van der Waals surface area contributed by atoms with Gasteiger partial charge in [-0.2, -0.15) is 0 Å². The summed E-state index contributed by atoms with van der Waals surface area (Å²) in [7, 11) is 0. The van der Waals surface area contributed by atoms with Crippen molar-refractivity contribution in [3.05, 3.63) is 35.4 Å². The Morgan fingerprint density at radius 1 is 1.40 bits per heavy atom. The van der Waals surface area contributed by atoms with Crippen molar-refractivity contribution >= 4 is 6.03 Å². The molecule has 1 fully saturated rings. The van der Waals surface area contributed by atoms with E-state index in [1.54, 1.807) is 6.92 Å². The van der Waals surface area contributed by atoms with Crippen molar-refractivity contribution in [1.82, 2.24) is 10.2 Å². The van der Waals surface area contributed by atoms with Crippen LogP contribution in [-0.4, -0.2) is 40.8 Å². The molecule has 0 saturated carbocycles. The zero-order valence-corrected chi connectivity index (χ0v) is 15.9. The Morgan fingerprint density at radius 3 is 2.80 bits per heavy atom. The Balaban J connectivity index is 1.85. The van der Waals surface area contributed by atoms with Crippen molar-refractivity contribution < 1.29 is 14.6 Å². The minimum atomic E-state index is -0.366. The number of aliphatic hydroxyl groups excluding tert-OH is 1. The monoisotopic (exact) mass is 348 g/mol. The number of likely N-dealkylation sites (tertiary alicyclic amines) is 1. The fourth-order valence-corrected chi connectivity index (χ4v) is 3.01. The van der Waals surface area contributed by atoms with Crippen molar-refractivity contribution in [2.24, 2.45) is 5.92 Å². The third kappa shape index (κ3) is 6.67. The fourth-order valence-electron chi connectivity index (χ4n) is 3.01. The van der Waals surface area contributed by atoms with Crippen LogP contribution in [0.25, 0.3) is 0 Å². The summed E-state index contributed by atoms with van der Waals surface area (Å²) in [6.07, 6.45) is 1.56. The number of nitrogens with one attached hydrogen (secondary N) is 1. The highest BCUT2D eigenvalue weighted by molar-refractivity contribution is 5.74. The van der Waals surface area contributed by atoms with Gasteiger partial charge in [0.2, 0.25) is 0 Å². The van der Waals surface area contributed by atoms with E-state index in [0.29, 0.717) is 19.7 Å². The van der Waals surface area contributed by atoms with E-state index in [9.17, 15) is 9.90 Å². The lowest BCUT2D eigenvalue weighted by Gasteiger charge is -2.34. The molecule has 2 rings (SSSR count). The predicted octanol–water partition coefficient (Wildman–Crippen LogP) is 3.30. The molecule has 0 radical (unpaired) electrons. The van der Waals surface area contributed by atoms with Crippen LogP contribution in [0.15, 0.2) is 24.3 Å². The molecule has 1 heterocycles. The molecule has 1 aliphatic rings. The largest absolute Gasteiger partial charge is 0.393 e. The lowest BCUT2D eigenvalue weighted by Crippen LogP contribution is -2.47. The van der Waals surface area contributed by atoms with Gasteiger partial charge in [0.05, 0.1) is 18.3 Å². The molecule has 1 saturated heterocycles. The lowest BCUT2D eigenvalue weighted by molar-refractivity contribution is -0.0149. The number of benzene rings is 1. The second-order valence-corrected chi connectivity index (χ2v) is 7.97. The summed E-state index contributed by atoms with van der Waals surface area (Å²) < 4.78 is 5.81. The molecule has 25 heavy (non-hydrogen) atoms. The van der Waals surface area contributed by atoms with E-state index in [1.807, 2.05) is 43.9 Å². The zero-order valence-electron chi connectivity index (χ0n) is 15.9. The molecule has 2 N–H and O–H groups in total. The number of amides is 2. The first kappa shape index (κ1) is 19.7. The molecular weight excluding hydrogens is 316 g/mol. The molecule has 1 aromatic rings. The van der Waals surface area contributed by atoms with Gasteiger partial charge in [-0.1, -0.05) is 24.3 Å². The van der Waals surface area contributed by atoms with E-state index in [1.165, 1.54) is 0 Å². The smallest absolute Gasteiger partial charge is 0.317 e. The topological polar surface area (TPSA) is 61.8 Å². The Labute approximate surface area is 151 Å². The van der Waals surface area contributed by atoms with Gasteiger partial charge < -0.3 is 20.1 Å². The van der Waals surface area contributed by atoms with E-state index >= 15 is 0 Å². The molecule has 140 valence electrons. The number of carbonyl (C=O) groups excluding carboxylic acids is 1. The van der Waals surface area contributed by atoms with Crippen LogP contribution in [-0.2, 0) is 17.9 Å². The lowest BCUT2D eigenvalue weighted by atomic mass is 9.94. The number of carbonyl (C=O) groups is 1. The fraction of sp³-hybridized carbons (Fsp3) is 0.650. The molecule has 1 aliphatic heterocycles. The maximum atomic E-state index is 12.4. The molecular formula is C20H32N2O3. The Bertz CT molecular complexity index is 566. The average Bonchev–Trinajstić information content (AvgIpc) is 2.58. The first-order valence-corrected chi connectivity index (χ1v) is 9.17. The maximum absolute atomic E-state index is 12.4. The highest BCUT2D eigenvalue weighted by Gasteiger charge is 2.26. The van der Waals surface area contributed by atoms with Crippen LogP contribution in [0, 0.1) is 5.92 Å². The number of piperidine rings is 1. The van der Waals surface area contributed by atoms with Crippen LogP contribution >= 0.6 is 0 Å². The van der Waals surface area contributed by atoms with Gasteiger partial charge in [-0.05, 0) is 51.7 Å². The minimum absolute atomic E-state index is 0.0540. The van der Waals surface area contributed by atoms with Crippen LogP contribution in [0.2, 0.25) is 0 Å². The zero-order chi connectivity index (χ0) is 18.4. The van der Waals surface area contributed by atoms with Gasteiger partial charge in [-0.3, -0.25) is 0 Å². The average molecular weight is 348 g/mol. The second kappa shape index (κ2) is 8.68. The van der Waals surface area contributed by atoms with Gasteiger partial charge in [0.1, 0.15) is 0 Å². The molecule has 1 aromatic carbocycles. The molecule has 0 spiro atoms. The minimum Gasteiger partial charge on any atom is -0.393 e. The molecule has 0 aliphatic carbocycles. The quantitative estimate of drug-likeness (QED) is 0.858. The van der Waals surface area contributed by atoms with E-state index in [2.05, 4.69) is 11.4 Å². The summed E-state index contributed by atoms with van der Waals surface area (Å²) in [5.74, 6) is 0.178. The van der Waals surface area contributed by atoms with Crippen LogP contribution in [0.4, 0.5) is 4.79 Å². The SMILES string of the molecule is CC(O)C1CCCN(C(=O)NCc2cccc(COC(C)(C)C)c2)C1. The molecule has 2 atom stereocenters. The van der Waals surface area contributed by atoms with Crippen molar-refractivity contribution in [2.75, 3.05) is 13.1 Å². The third-order valence-electron chi connectivity index (χ3n) is 4.53. The second-order valence-electron chi connectivity index (χ2n) is 7.97. The van der Waals surface area contributed by atoms with Crippen LogP contribution < -0.4 is 5.32 Å². The molecule has 0 aromatic heterocycles. The normalized spacial score (nSPS) is 19.6. The highest BCUT2D eigenvalue weighted by Crippen LogP contribution is 2.19. The summed E-state index contributed by atoms with van der Waals surface area (Å²) >= 11 is 0. The van der Waals surface area contributed by atoms with Crippen molar-refractivity contribution in [1.29, 1.82) is 0 Å². The van der Waals surface area contributed by atoms with Gasteiger partial charge in [0, 0.05) is 25.6 Å². The van der Waals surface area contributed by atoms with E-state index in [-0.39, 0.29) is 23.7 Å². The van der Waals surface area contributed by atoms with E-state index < -0.39 is 0 Å². The van der Waals surface area contributed by atoms with E-state index in [0.717, 1.165) is 30.5 Å². The first-order valence-electron chi connectivity index (χ1n) is 9.17. The number of rotatable bonds is 5. The number of ether oxygens (including phenoxy) is 1. The number of aliphatic hydroxyl groups is 1. The van der Waals surface area contributed by atoms with Crippen molar-refractivity contribution in [3.8, 4) is 0 Å². The number of urea groups is 1. The summed E-state index contributed by atoms with van der Waals surface area (Å²) in [6, 6.07) is 8.06. The molecule has 5 heteroatoms.